The number of hydrogen-bond acceptors (Lipinski definition) is 9. The van der Waals surface area contributed by atoms with Crippen molar-refractivity contribution in [1.82, 2.24) is 0 Å². The lowest BCUT2D eigenvalue weighted by atomic mass is 9.69. The Labute approximate surface area is 210 Å². The molecule has 0 aliphatic carbocycles. The van der Waals surface area contributed by atoms with Crippen LogP contribution in [0.4, 0.5) is 0 Å². The zero-order valence-electron chi connectivity index (χ0n) is 21.4. The van der Waals surface area contributed by atoms with Crippen molar-refractivity contribution in [2.75, 3.05) is 13.7 Å². The molecule has 2 N–H and O–H groups in total. The summed E-state index contributed by atoms with van der Waals surface area (Å²) < 4.78 is 27.1. The molecule has 1 aromatic rings. The Morgan fingerprint density at radius 3 is 2.56 bits per heavy atom. The van der Waals surface area contributed by atoms with Gasteiger partial charge in [0.2, 0.25) is 0 Å². The molecule has 0 amide bonds. The quantitative estimate of drug-likeness (QED) is 0.314. The van der Waals surface area contributed by atoms with Crippen molar-refractivity contribution in [3.05, 3.63) is 69.8 Å². The normalized spacial score (nSPS) is 32.6. The Morgan fingerprint density at radius 2 is 1.89 bits per heavy atom. The molecule has 6 atom stereocenters. The predicted octanol–water partition coefficient (Wildman–Crippen LogP) is 2.83. The summed E-state index contributed by atoms with van der Waals surface area (Å²) in [6.45, 7) is 8.64. The number of ether oxygens (including phenoxy) is 4. The summed E-state index contributed by atoms with van der Waals surface area (Å²) in [5.41, 5.74) is -1.71. The van der Waals surface area contributed by atoms with E-state index in [4.69, 9.17) is 18.6 Å². The van der Waals surface area contributed by atoms with Crippen LogP contribution in [-0.2, 0) is 19.0 Å². The number of allylic oxidation sites excluding steroid dienone is 4. The molecule has 0 bridgehead atoms. The molecule has 0 radical (unpaired) electrons. The minimum Gasteiger partial charge on any atom is -0.489 e. The number of aliphatic hydroxyl groups excluding tert-OH is 1. The first-order valence-electron chi connectivity index (χ1n) is 11.7. The standard InChI is InChI=1S/C27H34O9/c1-16(24(30)32-6)13-14-33-21-15-22(28)35-19(17(21)2)11-9-7-8-10-12-20-23(29)26(4)25(36-20)34-18(3)27(26,5)31/h7-13,15,18,20,23,25,29,31H,14H2,1-6H3. The van der Waals surface area contributed by atoms with E-state index in [9.17, 15) is 19.8 Å². The highest BCUT2D eigenvalue weighted by atomic mass is 16.7. The van der Waals surface area contributed by atoms with E-state index in [0.29, 0.717) is 22.6 Å². The van der Waals surface area contributed by atoms with Crippen molar-refractivity contribution in [1.29, 1.82) is 0 Å². The van der Waals surface area contributed by atoms with Crippen molar-refractivity contribution in [3.8, 4) is 5.75 Å². The highest BCUT2D eigenvalue weighted by Gasteiger charge is 2.68. The average molecular weight is 503 g/mol. The van der Waals surface area contributed by atoms with Gasteiger partial charge in [-0.25, -0.2) is 9.59 Å². The molecule has 0 saturated carbocycles. The van der Waals surface area contributed by atoms with E-state index in [1.807, 2.05) is 0 Å². The summed E-state index contributed by atoms with van der Waals surface area (Å²) in [6.07, 6.45) is 9.06. The van der Waals surface area contributed by atoms with Crippen LogP contribution in [0.2, 0.25) is 0 Å². The van der Waals surface area contributed by atoms with Gasteiger partial charge in [-0.15, -0.1) is 0 Å². The van der Waals surface area contributed by atoms with Crippen molar-refractivity contribution in [2.24, 2.45) is 5.41 Å². The van der Waals surface area contributed by atoms with Crippen LogP contribution in [-0.4, -0.2) is 60.1 Å². The molecule has 36 heavy (non-hydrogen) atoms. The van der Waals surface area contributed by atoms with E-state index in [1.165, 1.54) is 13.2 Å². The van der Waals surface area contributed by atoms with Crippen molar-refractivity contribution in [3.63, 3.8) is 0 Å². The maximum absolute atomic E-state index is 11.9. The lowest BCUT2D eigenvalue weighted by Gasteiger charge is -2.38. The zero-order valence-corrected chi connectivity index (χ0v) is 21.4. The van der Waals surface area contributed by atoms with Crippen LogP contribution in [0.5, 0.6) is 5.75 Å². The van der Waals surface area contributed by atoms with Crippen LogP contribution in [0.1, 0.15) is 39.0 Å². The van der Waals surface area contributed by atoms with E-state index in [1.54, 1.807) is 77.2 Å². The van der Waals surface area contributed by atoms with Crippen molar-refractivity contribution in [2.45, 2.75) is 64.8 Å². The van der Waals surface area contributed by atoms with Gasteiger partial charge in [0.1, 0.15) is 29.8 Å². The molecule has 196 valence electrons. The highest BCUT2D eigenvalue weighted by molar-refractivity contribution is 5.87. The molecule has 0 aromatic carbocycles. The molecule has 0 spiro atoms. The molecular formula is C27H34O9. The fourth-order valence-electron chi connectivity index (χ4n) is 4.26. The van der Waals surface area contributed by atoms with Crippen LogP contribution < -0.4 is 10.4 Å². The molecule has 2 aliphatic heterocycles. The van der Waals surface area contributed by atoms with Gasteiger partial charge in [0, 0.05) is 11.1 Å². The van der Waals surface area contributed by atoms with Gasteiger partial charge in [0.05, 0.1) is 30.8 Å². The van der Waals surface area contributed by atoms with Gasteiger partial charge >= 0.3 is 11.6 Å². The molecule has 2 aliphatic rings. The number of esters is 1. The highest BCUT2D eigenvalue weighted by Crippen LogP contribution is 2.54. The van der Waals surface area contributed by atoms with Gasteiger partial charge < -0.3 is 33.6 Å². The largest absolute Gasteiger partial charge is 0.489 e. The summed E-state index contributed by atoms with van der Waals surface area (Å²) in [4.78, 5) is 23.4. The molecule has 6 unspecified atom stereocenters. The zero-order chi connectivity index (χ0) is 26.7. The average Bonchev–Trinajstić information content (AvgIpc) is 3.17. The maximum atomic E-state index is 11.9. The lowest BCUT2D eigenvalue weighted by Crippen LogP contribution is -2.53. The van der Waals surface area contributed by atoms with Crippen LogP contribution in [0.3, 0.4) is 0 Å². The lowest BCUT2D eigenvalue weighted by molar-refractivity contribution is -0.139. The molecule has 3 heterocycles. The first-order valence-corrected chi connectivity index (χ1v) is 11.7. The summed E-state index contributed by atoms with van der Waals surface area (Å²) >= 11 is 0. The smallest absolute Gasteiger partial charge is 0.339 e. The molecule has 2 fully saturated rings. The fraction of sp³-hybridized carbons (Fsp3) is 0.481. The Morgan fingerprint density at radius 1 is 1.19 bits per heavy atom. The third-order valence-corrected chi connectivity index (χ3v) is 7.12. The number of methoxy groups -OCH3 is 1. The first-order chi connectivity index (χ1) is 16.9. The van der Waals surface area contributed by atoms with E-state index < -0.39 is 47.2 Å². The van der Waals surface area contributed by atoms with E-state index in [-0.39, 0.29) is 6.61 Å². The summed E-state index contributed by atoms with van der Waals surface area (Å²) in [6, 6.07) is 1.25. The van der Waals surface area contributed by atoms with Crippen molar-refractivity contribution < 1.29 is 38.4 Å². The minimum atomic E-state index is -1.23. The maximum Gasteiger partial charge on any atom is 0.339 e. The third-order valence-electron chi connectivity index (χ3n) is 7.12. The number of rotatable bonds is 8. The second-order valence-electron chi connectivity index (χ2n) is 9.32. The molecular weight excluding hydrogens is 468 g/mol. The Hall–Kier alpha value is -2.98. The Bertz CT molecular complexity index is 1140. The second kappa shape index (κ2) is 11.0. The SMILES string of the molecule is COC(=O)C(C)=CCOc1cc(=O)oc(C=CC=CC=CC2OC3OC(C)C(C)(O)C3(C)C2O)c1C. The van der Waals surface area contributed by atoms with Crippen LogP contribution in [0.25, 0.3) is 6.08 Å². The Kier molecular flexibility index (Phi) is 8.40. The first kappa shape index (κ1) is 27.6. The third kappa shape index (κ3) is 5.24. The summed E-state index contributed by atoms with van der Waals surface area (Å²) in [5, 5.41) is 21.6. The summed E-state index contributed by atoms with van der Waals surface area (Å²) in [7, 11) is 1.30. The number of fused-ring (bicyclic) bond motifs is 1. The molecule has 1 aromatic heterocycles. The monoisotopic (exact) mass is 502 g/mol. The molecule has 2 saturated heterocycles. The minimum absolute atomic E-state index is 0.0907. The number of carbonyl (C=O) groups is 1. The van der Waals surface area contributed by atoms with E-state index in [2.05, 4.69) is 4.74 Å². The van der Waals surface area contributed by atoms with Crippen LogP contribution in [0, 0.1) is 12.3 Å². The number of hydrogen-bond donors (Lipinski definition) is 2. The van der Waals surface area contributed by atoms with Gasteiger partial charge in [0.15, 0.2) is 6.29 Å². The summed E-state index contributed by atoms with van der Waals surface area (Å²) in [5.74, 6) is 0.236. The van der Waals surface area contributed by atoms with Gasteiger partial charge in [-0.3, -0.25) is 0 Å². The molecule has 9 heteroatoms. The van der Waals surface area contributed by atoms with E-state index in [0.717, 1.165) is 0 Å². The topological polar surface area (TPSA) is 125 Å². The number of aliphatic hydroxyl groups is 2. The number of carbonyl (C=O) groups excluding carboxylic acids is 1. The molecule has 3 rings (SSSR count). The second-order valence-corrected chi connectivity index (χ2v) is 9.32. The van der Waals surface area contributed by atoms with E-state index >= 15 is 0 Å². The van der Waals surface area contributed by atoms with Crippen LogP contribution >= 0.6 is 0 Å². The molecule has 9 nitrogen and oxygen atoms in total. The van der Waals surface area contributed by atoms with Gasteiger partial charge in [0.25, 0.3) is 0 Å². The predicted molar refractivity (Wildman–Crippen MR) is 132 cm³/mol. The van der Waals surface area contributed by atoms with Crippen LogP contribution in [0.15, 0.2) is 57.3 Å². The Balaban J connectivity index is 1.61. The fourth-order valence-corrected chi connectivity index (χ4v) is 4.26. The van der Waals surface area contributed by atoms with Crippen molar-refractivity contribution >= 4 is 12.0 Å². The van der Waals surface area contributed by atoms with Gasteiger partial charge in [-0.05, 0) is 46.8 Å². The van der Waals surface area contributed by atoms with Gasteiger partial charge in [-0.2, -0.15) is 0 Å². The van der Waals surface area contributed by atoms with Gasteiger partial charge in [-0.1, -0.05) is 30.4 Å².